The van der Waals surface area contributed by atoms with E-state index in [1.807, 2.05) is 6.92 Å². The van der Waals surface area contributed by atoms with Gasteiger partial charge in [-0.15, -0.1) is 0 Å². The number of benzene rings is 1. The van der Waals surface area contributed by atoms with Crippen LogP contribution < -0.4 is 5.73 Å². The van der Waals surface area contributed by atoms with Crippen LogP contribution >= 0.6 is 0 Å². The maximum Gasteiger partial charge on any atom is 0.194 e. The summed E-state index contributed by atoms with van der Waals surface area (Å²) in [6, 6.07) is 1.14. The highest BCUT2D eigenvalue weighted by atomic mass is 19.2. The van der Waals surface area contributed by atoms with E-state index in [0.717, 1.165) is 12.1 Å². The van der Waals surface area contributed by atoms with Crippen molar-refractivity contribution in [1.29, 1.82) is 0 Å². The molecular weight excluding hydrogens is 231 g/mol. The molecule has 1 rings (SSSR count). The lowest BCUT2D eigenvalue weighted by molar-refractivity contribution is -0.0204. The van der Waals surface area contributed by atoms with Crippen molar-refractivity contribution >= 4 is 0 Å². The summed E-state index contributed by atoms with van der Waals surface area (Å²) in [4.78, 5) is 0. The van der Waals surface area contributed by atoms with Crippen molar-refractivity contribution < 1.29 is 17.9 Å². The average Bonchev–Trinajstić information content (AvgIpc) is 2.34. The Morgan fingerprint density at radius 1 is 1.29 bits per heavy atom. The Balaban J connectivity index is 3.21. The van der Waals surface area contributed by atoms with Gasteiger partial charge in [-0.25, -0.2) is 13.2 Å². The molecule has 0 aliphatic heterocycles. The van der Waals surface area contributed by atoms with E-state index < -0.39 is 29.1 Å². The first-order valence-electron chi connectivity index (χ1n) is 5.31. The molecule has 0 spiro atoms. The molecule has 2 nitrogen and oxygen atoms in total. The Morgan fingerprint density at radius 3 is 2.35 bits per heavy atom. The Kier molecular flexibility index (Phi) is 4.16. The molecule has 0 fully saturated rings. The molecule has 1 aromatic carbocycles. The van der Waals surface area contributed by atoms with Gasteiger partial charge >= 0.3 is 0 Å². The minimum Gasteiger partial charge on any atom is -0.377 e. The van der Waals surface area contributed by atoms with E-state index in [4.69, 9.17) is 10.5 Å². The van der Waals surface area contributed by atoms with Gasteiger partial charge < -0.3 is 10.5 Å². The van der Waals surface area contributed by atoms with Gasteiger partial charge in [-0.1, -0.05) is 13.0 Å². The summed E-state index contributed by atoms with van der Waals surface area (Å²) in [6.45, 7) is 3.51. The second kappa shape index (κ2) is 5.06. The van der Waals surface area contributed by atoms with E-state index in [9.17, 15) is 13.2 Å². The number of methoxy groups -OCH3 is 1. The number of rotatable bonds is 4. The molecule has 2 atom stereocenters. The molecule has 0 saturated carbocycles. The third-order valence-electron chi connectivity index (χ3n) is 3.23. The molecule has 0 radical (unpaired) electrons. The molecule has 5 heteroatoms. The fraction of sp³-hybridized carbons (Fsp3) is 0.500. The van der Waals surface area contributed by atoms with Gasteiger partial charge in [-0.05, 0) is 19.4 Å². The van der Waals surface area contributed by atoms with Crippen LogP contribution in [0.4, 0.5) is 13.2 Å². The molecule has 96 valence electrons. The first-order valence-corrected chi connectivity index (χ1v) is 5.31. The van der Waals surface area contributed by atoms with Crippen molar-refractivity contribution in [2.45, 2.75) is 31.9 Å². The number of nitrogens with two attached hydrogens (primary N) is 1. The summed E-state index contributed by atoms with van der Waals surface area (Å²) in [7, 11) is 1.45. The lowest BCUT2D eigenvalue weighted by atomic mass is 9.88. The molecule has 0 heterocycles. The van der Waals surface area contributed by atoms with Gasteiger partial charge in [0.1, 0.15) is 0 Å². The molecular formula is C12H16F3NO. The summed E-state index contributed by atoms with van der Waals surface area (Å²) in [6.07, 6.45) is 0.517. The molecule has 0 aliphatic rings. The quantitative estimate of drug-likeness (QED) is 0.830. The number of hydrogen-bond donors (Lipinski definition) is 1. The second-order valence-electron chi connectivity index (χ2n) is 4.11. The Morgan fingerprint density at radius 2 is 1.88 bits per heavy atom. The van der Waals surface area contributed by atoms with Gasteiger partial charge in [0.05, 0.1) is 11.6 Å². The zero-order chi connectivity index (χ0) is 13.2. The first kappa shape index (κ1) is 14.0. The maximum absolute atomic E-state index is 13.6. The first-order chi connectivity index (χ1) is 7.87. The molecule has 2 N–H and O–H groups in total. The molecule has 17 heavy (non-hydrogen) atoms. The van der Waals surface area contributed by atoms with Crippen LogP contribution in [-0.4, -0.2) is 12.7 Å². The molecule has 1 aromatic rings. The largest absolute Gasteiger partial charge is 0.377 e. The van der Waals surface area contributed by atoms with Crippen molar-refractivity contribution in [2.75, 3.05) is 7.11 Å². The number of hydrogen-bond acceptors (Lipinski definition) is 2. The number of ether oxygens (including phenoxy) is 1. The van der Waals surface area contributed by atoms with Crippen molar-refractivity contribution in [1.82, 2.24) is 0 Å². The SMILES string of the molecule is CCC(C)(OC)C(N)c1ccc(F)c(F)c1F. The van der Waals surface area contributed by atoms with Crippen LogP contribution in [0.15, 0.2) is 12.1 Å². The van der Waals surface area contributed by atoms with E-state index in [1.54, 1.807) is 6.92 Å². The average molecular weight is 247 g/mol. The summed E-state index contributed by atoms with van der Waals surface area (Å²) in [5.74, 6) is -3.99. The summed E-state index contributed by atoms with van der Waals surface area (Å²) in [5.41, 5.74) is 4.94. The van der Waals surface area contributed by atoms with Crippen molar-refractivity contribution in [3.63, 3.8) is 0 Å². The predicted octanol–water partition coefficient (Wildman–Crippen LogP) is 2.92. The van der Waals surface area contributed by atoms with Crippen molar-refractivity contribution in [2.24, 2.45) is 5.73 Å². The van der Waals surface area contributed by atoms with Crippen LogP contribution in [0, 0.1) is 17.5 Å². The van der Waals surface area contributed by atoms with Gasteiger partial charge in [0.25, 0.3) is 0 Å². The fourth-order valence-corrected chi connectivity index (χ4v) is 1.60. The van der Waals surface area contributed by atoms with Crippen LogP contribution in [0.5, 0.6) is 0 Å². The maximum atomic E-state index is 13.6. The van der Waals surface area contributed by atoms with Crippen molar-refractivity contribution in [3.05, 3.63) is 35.1 Å². The van der Waals surface area contributed by atoms with E-state index in [1.165, 1.54) is 7.11 Å². The fourth-order valence-electron chi connectivity index (χ4n) is 1.60. The summed E-state index contributed by atoms with van der Waals surface area (Å²) < 4.78 is 44.7. The van der Waals surface area contributed by atoms with Gasteiger partial charge in [0.2, 0.25) is 0 Å². The summed E-state index contributed by atoms with van der Waals surface area (Å²) in [5, 5.41) is 0. The van der Waals surface area contributed by atoms with Gasteiger partial charge in [0, 0.05) is 12.7 Å². The van der Waals surface area contributed by atoms with Gasteiger partial charge in [-0.2, -0.15) is 0 Å². The third-order valence-corrected chi connectivity index (χ3v) is 3.23. The Bertz CT molecular complexity index is 405. The van der Waals surface area contributed by atoms with Crippen LogP contribution in [0.25, 0.3) is 0 Å². The zero-order valence-electron chi connectivity index (χ0n) is 10.1. The molecule has 0 bridgehead atoms. The van der Waals surface area contributed by atoms with E-state index in [2.05, 4.69) is 0 Å². The van der Waals surface area contributed by atoms with Crippen molar-refractivity contribution in [3.8, 4) is 0 Å². The predicted molar refractivity (Wildman–Crippen MR) is 58.9 cm³/mol. The van der Waals surface area contributed by atoms with Gasteiger partial charge in [-0.3, -0.25) is 0 Å². The molecule has 0 aromatic heterocycles. The zero-order valence-corrected chi connectivity index (χ0v) is 10.1. The lowest BCUT2D eigenvalue weighted by Gasteiger charge is -2.33. The van der Waals surface area contributed by atoms with E-state index in [-0.39, 0.29) is 5.56 Å². The topological polar surface area (TPSA) is 35.2 Å². The minimum absolute atomic E-state index is 0.0879. The smallest absolute Gasteiger partial charge is 0.194 e. The van der Waals surface area contributed by atoms with Gasteiger partial charge in [0.15, 0.2) is 17.5 Å². The van der Waals surface area contributed by atoms with Crippen LogP contribution in [0.3, 0.4) is 0 Å². The molecule has 0 saturated heterocycles. The highest BCUT2D eigenvalue weighted by Crippen LogP contribution is 2.32. The highest BCUT2D eigenvalue weighted by molar-refractivity contribution is 5.25. The second-order valence-corrected chi connectivity index (χ2v) is 4.11. The Labute approximate surface area is 98.6 Å². The van der Waals surface area contributed by atoms with Crippen LogP contribution in [0.1, 0.15) is 31.9 Å². The summed E-state index contributed by atoms with van der Waals surface area (Å²) >= 11 is 0. The van der Waals surface area contributed by atoms with E-state index in [0.29, 0.717) is 6.42 Å². The van der Waals surface area contributed by atoms with E-state index >= 15 is 0 Å². The minimum atomic E-state index is -1.51. The highest BCUT2D eigenvalue weighted by Gasteiger charge is 2.33. The molecule has 2 unspecified atom stereocenters. The normalized spacial score (nSPS) is 16.6. The third kappa shape index (κ3) is 2.45. The van der Waals surface area contributed by atoms with Crippen LogP contribution in [-0.2, 0) is 4.74 Å². The number of halogens is 3. The standard InChI is InChI=1S/C12H16F3NO/c1-4-12(2,17-3)11(16)7-5-6-8(13)10(15)9(7)14/h5-6,11H,4,16H2,1-3H3. The Hall–Kier alpha value is -1.07. The molecule has 0 amide bonds. The monoisotopic (exact) mass is 247 g/mol. The molecule has 0 aliphatic carbocycles. The van der Waals surface area contributed by atoms with Crippen LogP contribution in [0.2, 0.25) is 0 Å². The lowest BCUT2D eigenvalue weighted by Crippen LogP contribution is -2.40.